The standard InChI is InChI=1S/C17H12ClN5O/c18-12-5-6-13-10(3-1-7-19-13)15(12)17(24)21-9-14-11-4-2-8-20-16(11)23-22-14/h1-8H,9H2,(H,21,24)(H,20,22,23). The minimum Gasteiger partial charge on any atom is -0.346 e. The number of fused-ring (bicyclic) bond motifs is 2. The van der Waals surface area contributed by atoms with Crippen molar-refractivity contribution < 1.29 is 4.79 Å². The molecule has 3 heterocycles. The van der Waals surface area contributed by atoms with Crippen molar-refractivity contribution in [1.29, 1.82) is 0 Å². The molecule has 0 atom stereocenters. The van der Waals surface area contributed by atoms with Crippen molar-refractivity contribution in [3.63, 3.8) is 0 Å². The number of halogens is 1. The summed E-state index contributed by atoms with van der Waals surface area (Å²) < 4.78 is 0. The predicted octanol–water partition coefficient (Wildman–Crippen LogP) is 3.09. The summed E-state index contributed by atoms with van der Waals surface area (Å²) in [7, 11) is 0. The molecule has 0 unspecified atom stereocenters. The molecular weight excluding hydrogens is 326 g/mol. The minimum absolute atomic E-state index is 0.259. The number of amides is 1. The Hall–Kier alpha value is -2.99. The van der Waals surface area contributed by atoms with E-state index in [0.29, 0.717) is 22.8 Å². The average Bonchev–Trinajstić information content (AvgIpc) is 3.03. The van der Waals surface area contributed by atoms with Crippen LogP contribution in [-0.4, -0.2) is 26.1 Å². The second-order valence-corrected chi connectivity index (χ2v) is 5.66. The first kappa shape index (κ1) is 14.6. The van der Waals surface area contributed by atoms with Crippen molar-refractivity contribution in [1.82, 2.24) is 25.5 Å². The van der Waals surface area contributed by atoms with Crippen LogP contribution in [0.2, 0.25) is 5.02 Å². The molecule has 6 nitrogen and oxygen atoms in total. The van der Waals surface area contributed by atoms with Gasteiger partial charge in [-0.3, -0.25) is 14.9 Å². The number of benzene rings is 1. The molecule has 4 aromatic rings. The number of aromatic nitrogens is 4. The summed E-state index contributed by atoms with van der Waals surface area (Å²) in [4.78, 5) is 21.0. The van der Waals surface area contributed by atoms with Crippen LogP contribution in [0.4, 0.5) is 0 Å². The second kappa shape index (κ2) is 5.90. The van der Waals surface area contributed by atoms with E-state index in [1.165, 1.54) is 0 Å². The van der Waals surface area contributed by atoms with E-state index in [1.54, 1.807) is 30.6 Å². The predicted molar refractivity (Wildman–Crippen MR) is 91.8 cm³/mol. The van der Waals surface area contributed by atoms with Crippen molar-refractivity contribution in [3.05, 3.63) is 65.1 Å². The van der Waals surface area contributed by atoms with Gasteiger partial charge in [0.1, 0.15) is 0 Å². The van der Waals surface area contributed by atoms with Crippen LogP contribution in [0.15, 0.2) is 48.8 Å². The molecule has 0 spiro atoms. The lowest BCUT2D eigenvalue weighted by atomic mass is 10.1. The molecule has 0 fully saturated rings. The maximum Gasteiger partial charge on any atom is 0.253 e. The van der Waals surface area contributed by atoms with Gasteiger partial charge < -0.3 is 5.32 Å². The Morgan fingerprint density at radius 1 is 1.08 bits per heavy atom. The van der Waals surface area contributed by atoms with Crippen molar-refractivity contribution in [2.45, 2.75) is 6.54 Å². The zero-order valence-corrected chi connectivity index (χ0v) is 13.2. The summed E-state index contributed by atoms with van der Waals surface area (Å²) in [6, 6.07) is 10.8. The van der Waals surface area contributed by atoms with E-state index in [4.69, 9.17) is 11.6 Å². The normalized spacial score (nSPS) is 11.0. The van der Waals surface area contributed by atoms with Gasteiger partial charge in [0.15, 0.2) is 5.65 Å². The second-order valence-electron chi connectivity index (χ2n) is 5.25. The van der Waals surface area contributed by atoms with E-state index in [0.717, 1.165) is 22.0 Å². The van der Waals surface area contributed by atoms with Crippen LogP contribution in [0.25, 0.3) is 21.9 Å². The lowest BCUT2D eigenvalue weighted by molar-refractivity contribution is 0.0952. The Morgan fingerprint density at radius 3 is 2.75 bits per heavy atom. The molecule has 4 rings (SSSR count). The number of nitrogens with one attached hydrogen (secondary N) is 2. The number of pyridine rings is 2. The van der Waals surface area contributed by atoms with Gasteiger partial charge in [-0.25, -0.2) is 4.98 Å². The number of H-pyrrole nitrogens is 1. The highest BCUT2D eigenvalue weighted by atomic mass is 35.5. The van der Waals surface area contributed by atoms with E-state index in [9.17, 15) is 4.79 Å². The molecule has 0 aliphatic carbocycles. The SMILES string of the molecule is O=C(NCc1[nH]nc2ncccc12)c1c(Cl)ccc2ncccc12. The van der Waals surface area contributed by atoms with Gasteiger partial charge in [-0.05, 0) is 30.3 Å². The molecule has 2 N–H and O–H groups in total. The van der Waals surface area contributed by atoms with Gasteiger partial charge in [-0.1, -0.05) is 17.7 Å². The fourth-order valence-electron chi connectivity index (χ4n) is 2.65. The Labute approximate surface area is 141 Å². The van der Waals surface area contributed by atoms with Crippen LogP contribution >= 0.6 is 11.6 Å². The first-order chi connectivity index (χ1) is 11.7. The molecule has 118 valence electrons. The van der Waals surface area contributed by atoms with E-state index in [2.05, 4.69) is 25.5 Å². The maximum atomic E-state index is 12.6. The summed E-state index contributed by atoms with van der Waals surface area (Å²) in [6.45, 7) is 0.300. The van der Waals surface area contributed by atoms with Crippen LogP contribution in [0.1, 0.15) is 16.1 Å². The molecule has 7 heteroatoms. The fraction of sp³-hybridized carbons (Fsp3) is 0.0588. The van der Waals surface area contributed by atoms with Crippen LogP contribution < -0.4 is 5.32 Å². The van der Waals surface area contributed by atoms with Gasteiger partial charge in [0.05, 0.1) is 28.3 Å². The largest absolute Gasteiger partial charge is 0.346 e. The third-order valence-electron chi connectivity index (χ3n) is 3.80. The lowest BCUT2D eigenvalue weighted by Crippen LogP contribution is -2.23. The number of nitrogens with zero attached hydrogens (tertiary/aromatic N) is 3. The number of carbonyl (C=O) groups is 1. The summed E-state index contributed by atoms with van der Waals surface area (Å²) >= 11 is 6.24. The van der Waals surface area contributed by atoms with E-state index in [-0.39, 0.29) is 5.91 Å². The Morgan fingerprint density at radius 2 is 1.88 bits per heavy atom. The van der Waals surface area contributed by atoms with Gasteiger partial charge in [0.2, 0.25) is 0 Å². The van der Waals surface area contributed by atoms with Crippen molar-refractivity contribution in [2.75, 3.05) is 0 Å². The molecular formula is C17H12ClN5O. The summed E-state index contributed by atoms with van der Waals surface area (Å²) in [5.41, 5.74) is 2.56. The molecule has 0 aliphatic rings. The Bertz CT molecular complexity index is 1060. The van der Waals surface area contributed by atoms with E-state index < -0.39 is 0 Å². The highest BCUT2D eigenvalue weighted by Crippen LogP contribution is 2.25. The van der Waals surface area contributed by atoms with E-state index >= 15 is 0 Å². The lowest BCUT2D eigenvalue weighted by Gasteiger charge is -2.09. The molecule has 0 saturated heterocycles. The quantitative estimate of drug-likeness (QED) is 0.601. The summed E-state index contributed by atoms with van der Waals surface area (Å²) in [6.07, 6.45) is 3.36. The molecule has 24 heavy (non-hydrogen) atoms. The molecule has 1 aromatic carbocycles. The number of rotatable bonds is 3. The third kappa shape index (κ3) is 2.47. The number of aromatic amines is 1. The number of hydrogen-bond acceptors (Lipinski definition) is 4. The molecule has 0 aliphatic heterocycles. The third-order valence-corrected chi connectivity index (χ3v) is 4.11. The molecule has 0 radical (unpaired) electrons. The molecule has 1 amide bonds. The van der Waals surface area contributed by atoms with E-state index in [1.807, 2.05) is 18.2 Å². The zero-order chi connectivity index (χ0) is 16.5. The monoisotopic (exact) mass is 337 g/mol. The van der Waals surface area contributed by atoms with Gasteiger partial charge in [-0.2, -0.15) is 5.10 Å². The highest BCUT2D eigenvalue weighted by Gasteiger charge is 2.15. The number of carbonyl (C=O) groups excluding carboxylic acids is 1. The first-order valence-electron chi connectivity index (χ1n) is 7.33. The van der Waals surface area contributed by atoms with Crippen LogP contribution in [0, 0.1) is 0 Å². The van der Waals surface area contributed by atoms with Crippen molar-refractivity contribution in [3.8, 4) is 0 Å². The maximum absolute atomic E-state index is 12.6. The van der Waals surface area contributed by atoms with Gasteiger partial charge >= 0.3 is 0 Å². The van der Waals surface area contributed by atoms with Crippen LogP contribution in [0.5, 0.6) is 0 Å². The topological polar surface area (TPSA) is 83.6 Å². The van der Waals surface area contributed by atoms with Crippen molar-refractivity contribution >= 4 is 39.4 Å². The molecule has 0 bridgehead atoms. The first-order valence-corrected chi connectivity index (χ1v) is 7.71. The van der Waals surface area contributed by atoms with Gasteiger partial charge in [0.25, 0.3) is 5.91 Å². The number of hydrogen-bond donors (Lipinski definition) is 2. The Balaban J connectivity index is 1.64. The van der Waals surface area contributed by atoms with Crippen molar-refractivity contribution in [2.24, 2.45) is 0 Å². The molecule has 0 saturated carbocycles. The average molecular weight is 338 g/mol. The Kier molecular flexibility index (Phi) is 3.59. The fourth-order valence-corrected chi connectivity index (χ4v) is 2.90. The smallest absolute Gasteiger partial charge is 0.253 e. The summed E-state index contributed by atoms with van der Waals surface area (Å²) in [5.74, 6) is -0.259. The molecule has 3 aromatic heterocycles. The van der Waals surface area contributed by atoms with Crippen LogP contribution in [-0.2, 0) is 6.54 Å². The summed E-state index contributed by atoms with van der Waals surface area (Å²) in [5, 5.41) is 11.9. The zero-order valence-electron chi connectivity index (χ0n) is 12.5. The minimum atomic E-state index is -0.259. The van der Waals surface area contributed by atoms with Gasteiger partial charge in [-0.15, -0.1) is 0 Å². The highest BCUT2D eigenvalue weighted by molar-refractivity contribution is 6.35. The van der Waals surface area contributed by atoms with Gasteiger partial charge in [0, 0.05) is 23.2 Å². The van der Waals surface area contributed by atoms with Crippen LogP contribution in [0.3, 0.4) is 0 Å².